The Morgan fingerprint density at radius 3 is 2.62 bits per heavy atom. The number of esters is 1. The van der Waals surface area contributed by atoms with E-state index >= 15 is 0 Å². The van der Waals surface area contributed by atoms with Crippen molar-refractivity contribution in [3.63, 3.8) is 0 Å². The molecule has 0 saturated heterocycles. The number of methoxy groups -OCH3 is 1. The summed E-state index contributed by atoms with van der Waals surface area (Å²) in [6.45, 7) is 0. The third-order valence-corrected chi connectivity index (χ3v) is 5.06. The first-order valence-corrected chi connectivity index (χ1v) is 9.52. The number of carbonyl (C=O) groups is 1. The molecule has 32 heavy (non-hydrogen) atoms. The highest BCUT2D eigenvalue weighted by atomic mass is 35.5. The Morgan fingerprint density at radius 2 is 1.88 bits per heavy atom. The number of aromatic nitrogens is 2. The number of nitrogens with zero attached hydrogens (tertiary/aromatic N) is 3. The van der Waals surface area contributed by atoms with Crippen molar-refractivity contribution in [2.45, 2.75) is 0 Å². The smallest absolute Gasteiger partial charge is 0.340 e. The van der Waals surface area contributed by atoms with Crippen LogP contribution in [-0.4, -0.2) is 23.0 Å². The topological polar surface area (TPSA) is 93.5 Å². The molecule has 0 saturated carbocycles. The number of benzene rings is 2. The molecule has 0 aliphatic heterocycles. The lowest BCUT2D eigenvalue weighted by Crippen LogP contribution is -2.05. The van der Waals surface area contributed by atoms with Crippen molar-refractivity contribution in [3.05, 3.63) is 82.1 Å². The average Bonchev–Trinajstić information content (AvgIpc) is 2.80. The van der Waals surface area contributed by atoms with Gasteiger partial charge in [0.1, 0.15) is 5.69 Å². The van der Waals surface area contributed by atoms with Crippen molar-refractivity contribution < 1.29 is 18.3 Å². The summed E-state index contributed by atoms with van der Waals surface area (Å²) in [5.74, 6) is -3.38. The van der Waals surface area contributed by atoms with Crippen molar-refractivity contribution in [2.75, 3.05) is 12.4 Å². The van der Waals surface area contributed by atoms with Crippen LogP contribution < -0.4 is 5.32 Å². The van der Waals surface area contributed by atoms with Gasteiger partial charge in [-0.25, -0.2) is 14.2 Å². The molecule has 160 valence electrons. The normalized spacial score (nSPS) is 10.8. The number of para-hydroxylation sites is 1. The monoisotopic (exact) mass is 454 g/mol. The van der Waals surface area contributed by atoms with Gasteiger partial charge in [0.2, 0.25) is 5.95 Å². The van der Waals surface area contributed by atoms with Crippen molar-refractivity contribution in [1.29, 1.82) is 0 Å². The minimum Gasteiger partial charge on any atom is -0.465 e. The molecule has 0 aliphatic carbocycles. The number of rotatable bonds is 5. The van der Waals surface area contributed by atoms with Crippen molar-refractivity contribution in [3.8, 4) is 11.1 Å². The number of fused-ring (bicyclic) bond motifs is 1. The zero-order chi connectivity index (χ0) is 22.8. The highest BCUT2D eigenvalue weighted by Gasteiger charge is 2.22. The van der Waals surface area contributed by atoms with Crippen LogP contribution in [0, 0.1) is 16.7 Å². The van der Waals surface area contributed by atoms with Gasteiger partial charge in [0, 0.05) is 29.0 Å². The summed E-state index contributed by atoms with van der Waals surface area (Å²) in [5, 5.41) is 7.04. The van der Waals surface area contributed by atoms with E-state index in [0.717, 1.165) is 13.3 Å². The first-order chi connectivity index (χ1) is 15.4. The van der Waals surface area contributed by atoms with E-state index in [1.165, 1.54) is 24.4 Å². The maximum atomic E-state index is 14.4. The third-order valence-electron chi connectivity index (χ3n) is 4.76. The number of nitroso groups, excluding NO2 is 1. The van der Waals surface area contributed by atoms with Gasteiger partial charge in [-0.3, -0.25) is 4.98 Å². The second kappa shape index (κ2) is 8.64. The van der Waals surface area contributed by atoms with Crippen LogP contribution in [0.15, 0.2) is 60.0 Å². The van der Waals surface area contributed by atoms with E-state index in [9.17, 15) is 18.5 Å². The summed E-state index contributed by atoms with van der Waals surface area (Å²) in [7, 11) is 1.13. The molecule has 0 radical (unpaired) electrons. The van der Waals surface area contributed by atoms with E-state index in [1.807, 2.05) is 0 Å². The molecule has 2 aromatic heterocycles. The molecule has 0 fully saturated rings. The lowest BCUT2D eigenvalue weighted by molar-refractivity contribution is 0.0602. The fourth-order valence-electron chi connectivity index (χ4n) is 3.28. The number of nitrogens with one attached hydrogen (secondary N) is 1. The molecule has 0 atom stereocenters. The second-order valence-corrected chi connectivity index (χ2v) is 6.99. The number of anilines is 2. The van der Waals surface area contributed by atoms with Crippen LogP contribution in [0.4, 0.5) is 25.8 Å². The van der Waals surface area contributed by atoms with E-state index in [4.69, 9.17) is 16.3 Å². The molecule has 0 spiro atoms. The van der Waals surface area contributed by atoms with Gasteiger partial charge in [-0.1, -0.05) is 23.7 Å². The summed E-state index contributed by atoms with van der Waals surface area (Å²) in [5.41, 5.74) is 0.532. The number of pyridine rings is 2. The van der Waals surface area contributed by atoms with Crippen LogP contribution in [0.5, 0.6) is 0 Å². The van der Waals surface area contributed by atoms with Gasteiger partial charge in [0.15, 0.2) is 5.82 Å². The standard InChI is InChI=1S/C22H13ClF2N4O3/c1-32-22(30)14-9-11(12-5-7-27-21(25)18(12)24)10-17(20(14)29-31)28-16-6-8-26-19-13(16)3-2-4-15(19)23/h2-10H,1H3,(H,26,28). The molecule has 4 aromatic rings. The number of ether oxygens (including phenoxy) is 1. The van der Waals surface area contributed by atoms with Crippen molar-refractivity contribution in [1.82, 2.24) is 9.97 Å². The Kier molecular flexibility index (Phi) is 5.74. The van der Waals surface area contributed by atoms with Crippen LogP contribution in [-0.2, 0) is 4.74 Å². The summed E-state index contributed by atoms with van der Waals surface area (Å²) in [4.78, 5) is 31.5. The maximum Gasteiger partial charge on any atom is 0.340 e. The number of halogens is 3. The zero-order valence-electron chi connectivity index (χ0n) is 16.4. The van der Waals surface area contributed by atoms with Crippen LogP contribution in [0.3, 0.4) is 0 Å². The lowest BCUT2D eigenvalue weighted by Gasteiger charge is -2.15. The minimum atomic E-state index is -1.30. The molecule has 7 nitrogen and oxygen atoms in total. The van der Waals surface area contributed by atoms with Crippen molar-refractivity contribution >= 4 is 45.5 Å². The van der Waals surface area contributed by atoms with Gasteiger partial charge in [0.25, 0.3) is 0 Å². The molecule has 4 rings (SSSR count). The highest BCUT2D eigenvalue weighted by Crippen LogP contribution is 2.39. The molecule has 0 bridgehead atoms. The molecule has 2 heterocycles. The third kappa shape index (κ3) is 3.74. The van der Waals surface area contributed by atoms with Gasteiger partial charge in [-0.05, 0) is 41.1 Å². The van der Waals surface area contributed by atoms with E-state index in [2.05, 4.69) is 20.5 Å². The van der Waals surface area contributed by atoms with Crippen LogP contribution in [0.2, 0.25) is 5.02 Å². The Bertz CT molecular complexity index is 1380. The van der Waals surface area contributed by atoms with Crippen LogP contribution in [0.25, 0.3) is 22.0 Å². The highest BCUT2D eigenvalue weighted by molar-refractivity contribution is 6.35. The van der Waals surface area contributed by atoms with E-state index in [0.29, 0.717) is 21.6 Å². The average molecular weight is 455 g/mol. The molecule has 10 heteroatoms. The molecular formula is C22H13ClF2N4O3. The fourth-order valence-corrected chi connectivity index (χ4v) is 3.51. The Morgan fingerprint density at radius 1 is 1.09 bits per heavy atom. The van der Waals surface area contributed by atoms with Gasteiger partial charge in [0.05, 0.1) is 28.9 Å². The molecule has 2 aromatic carbocycles. The minimum absolute atomic E-state index is 0.0713. The summed E-state index contributed by atoms with van der Waals surface area (Å²) < 4.78 is 32.9. The maximum absolute atomic E-state index is 14.4. The molecule has 0 unspecified atom stereocenters. The van der Waals surface area contributed by atoms with Crippen LogP contribution in [0.1, 0.15) is 10.4 Å². The molecule has 0 amide bonds. The van der Waals surface area contributed by atoms with E-state index in [-0.39, 0.29) is 28.1 Å². The summed E-state index contributed by atoms with van der Waals surface area (Å²) in [6, 6.07) is 10.6. The lowest BCUT2D eigenvalue weighted by atomic mass is 10.00. The quantitative estimate of drug-likeness (QED) is 0.220. The predicted octanol–water partition coefficient (Wildman–Crippen LogP) is 6.16. The number of hydrogen-bond acceptors (Lipinski definition) is 7. The fraction of sp³-hybridized carbons (Fsp3) is 0.0455. The van der Waals surface area contributed by atoms with Crippen LogP contribution >= 0.6 is 11.6 Å². The molecule has 1 N–H and O–H groups in total. The summed E-state index contributed by atoms with van der Waals surface area (Å²) >= 11 is 6.21. The Hall–Kier alpha value is -3.98. The summed E-state index contributed by atoms with van der Waals surface area (Å²) in [6.07, 6.45) is 2.59. The van der Waals surface area contributed by atoms with Gasteiger partial charge in [-0.2, -0.15) is 4.39 Å². The Balaban J connectivity index is 1.95. The molecular weight excluding hydrogens is 442 g/mol. The second-order valence-electron chi connectivity index (χ2n) is 6.59. The first-order valence-electron chi connectivity index (χ1n) is 9.15. The number of carbonyl (C=O) groups excluding carboxylic acids is 1. The van der Waals surface area contributed by atoms with E-state index < -0.39 is 17.7 Å². The van der Waals surface area contributed by atoms with Gasteiger partial charge in [-0.15, -0.1) is 4.91 Å². The van der Waals surface area contributed by atoms with Gasteiger partial charge >= 0.3 is 5.97 Å². The number of hydrogen-bond donors (Lipinski definition) is 1. The Labute approximate surface area is 185 Å². The van der Waals surface area contributed by atoms with E-state index in [1.54, 1.807) is 24.3 Å². The molecule has 0 aliphatic rings. The zero-order valence-corrected chi connectivity index (χ0v) is 17.2. The first kappa shape index (κ1) is 21.3. The largest absolute Gasteiger partial charge is 0.465 e. The van der Waals surface area contributed by atoms with Crippen molar-refractivity contribution in [2.24, 2.45) is 5.18 Å². The SMILES string of the molecule is COC(=O)c1cc(-c2ccnc(F)c2F)cc(Nc2ccnc3c(Cl)cccc23)c1N=O. The predicted molar refractivity (Wildman–Crippen MR) is 116 cm³/mol. The van der Waals surface area contributed by atoms with Gasteiger partial charge < -0.3 is 10.1 Å².